The molecule has 7 heteroatoms. The zero-order chi connectivity index (χ0) is 21.5. The summed E-state index contributed by atoms with van der Waals surface area (Å²) < 4.78 is 5.29. The van der Waals surface area contributed by atoms with Gasteiger partial charge in [-0.25, -0.2) is 4.98 Å². The Morgan fingerprint density at radius 3 is 2.60 bits per heavy atom. The first-order valence-corrected chi connectivity index (χ1v) is 10.6. The van der Waals surface area contributed by atoms with E-state index in [1.54, 1.807) is 19.2 Å². The molecule has 30 heavy (non-hydrogen) atoms. The summed E-state index contributed by atoms with van der Waals surface area (Å²) in [5.41, 5.74) is 4.53. The van der Waals surface area contributed by atoms with Crippen LogP contribution in [0.25, 0.3) is 11.3 Å². The number of aromatic nitrogens is 1. The SMILES string of the molecule is COc1cc(C(=O)Nc2nc(-c3ccc(CCCNC(C)=O)cc3)cs2)ccc1C. The van der Waals surface area contributed by atoms with Gasteiger partial charge in [-0.3, -0.25) is 14.9 Å². The van der Waals surface area contributed by atoms with Crippen LogP contribution in [0.1, 0.15) is 34.8 Å². The molecule has 3 aromatic rings. The zero-order valence-corrected chi connectivity index (χ0v) is 18.1. The molecule has 6 nitrogen and oxygen atoms in total. The molecule has 0 aliphatic carbocycles. The smallest absolute Gasteiger partial charge is 0.257 e. The molecule has 0 aliphatic heterocycles. The Morgan fingerprint density at radius 1 is 1.13 bits per heavy atom. The van der Waals surface area contributed by atoms with Crippen molar-refractivity contribution >= 4 is 28.3 Å². The highest BCUT2D eigenvalue weighted by Crippen LogP contribution is 2.26. The van der Waals surface area contributed by atoms with Crippen molar-refractivity contribution in [3.63, 3.8) is 0 Å². The number of nitrogens with zero attached hydrogens (tertiary/aromatic N) is 1. The fourth-order valence-corrected chi connectivity index (χ4v) is 3.71. The van der Waals surface area contributed by atoms with E-state index in [4.69, 9.17) is 4.74 Å². The fraction of sp³-hybridized carbons (Fsp3) is 0.261. The number of hydrogen-bond donors (Lipinski definition) is 2. The number of ether oxygens (including phenoxy) is 1. The van der Waals surface area contributed by atoms with Gasteiger partial charge >= 0.3 is 0 Å². The Labute approximate surface area is 180 Å². The van der Waals surface area contributed by atoms with Crippen LogP contribution in [0.5, 0.6) is 5.75 Å². The summed E-state index contributed by atoms with van der Waals surface area (Å²) in [5, 5.41) is 8.13. The molecule has 0 radical (unpaired) electrons. The maximum atomic E-state index is 12.5. The van der Waals surface area contributed by atoms with Crippen molar-refractivity contribution in [1.29, 1.82) is 0 Å². The Morgan fingerprint density at radius 2 is 1.90 bits per heavy atom. The molecule has 0 saturated carbocycles. The number of methoxy groups -OCH3 is 1. The second kappa shape index (κ2) is 10.0. The first-order valence-electron chi connectivity index (χ1n) is 9.71. The predicted octanol–water partition coefficient (Wildman–Crippen LogP) is 4.45. The Balaban J connectivity index is 1.60. The highest BCUT2D eigenvalue weighted by atomic mass is 32.1. The van der Waals surface area contributed by atoms with Crippen molar-refractivity contribution in [2.75, 3.05) is 19.0 Å². The van der Waals surface area contributed by atoms with Gasteiger partial charge < -0.3 is 10.1 Å². The van der Waals surface area contributed by atoms with E-state index in [1.165, 1.54) is 23.8 Å². The second-order valence-electron chi connectivity index (χ2n) is 6.96. The third kappa shape index (κ3) is 5.67. The topological polar surface area (TPSA) is 80.3 Å². The number of carbonyl (C=O) groups excluding carboxylic acids is 2. The Kier molecular flexibility index (Phi) is 7.19. The van der Waals surface area contributed by atoms with Gasteiger partial charge in [0, 0.05) is 30.0 Å². The van der Waals surface area contributed by atoms with Gasteiger partial charge in [0.25, 0.3) is 5.91 Å². The third-order valence-electron chi connectivity index (χ3n) is 4.66. The summed E-state index contributed by atoms with van der Waals surface area (Å²) in [4.78, 5) is 28.0. The van der Waals surface area contributed by atoms with Crippen molar-refractivity contribution < 1.29 is 14.3 Å². The maximum Gasteiger partial charge on any atom is 0.257 e. The Bertz CT molecular complexity index is 1030. The van der Waals surface area contributed by atoms with Gasteiger partial charge in [-0.05, 0) is 43.0 Å². The van der Waals surface area contributed by atoms with E-state index in [1.807, 2.05) is 30.5 Å². The minimum absolute atomic E-state index is 0.00158. The van der Waals surface area contributed by atoms with Crippen molar-refractivity contribution in [2.45, 2.75) is 26.7 Å². The van der Waals surface area contributed by atoms with Gasteiger partial charge in [-0.15, -0.1) is 11.3 Å². The quantitative estimate of drug-likeness (QED) is 0.525. The molecule has 0 bridgehead atoms. The molecule has 2 aromatic carbocycles. The number of thiazole rings is 1. The predicted molar refractivity (Wildman–Crippen MR) is 120 cm³/mol. The summed E-state index contributed by atoms with van der Waals surface area (Å²) in [6, 6.07) is 13.5. The lowest BCUT2D eigenvalue weighted by Gasteiger charge is -2.07. The molecule has 1 aromatic heterocycles. The van der Waals surface area contributed by atoms with Crippen LogP contribution >= 0.6 is 11.3 Å². The monoisotopic (exact) mass is 423 g/mol. The molecule has 3 rings (SSSR count). The molecular weight excluding hydrogens is 398 g/mol. The van der Waals surface area contributed by atoms with Crippen LogP contribution in [0.4, 0.5) is 5.13 Å². The van der Waals surface area contributed by atoms with E-state index in [0.29, 0.717) is 23.0 Å². The lowest BCUT2D eigenvalue weighted by atomic mass is 10.1. The van der Waals surface area contributed by atoms with Crippen LogP contribution in [-0.4, -0.2) is 30.5 Å². The highest BCUT2D eigenvalue weighted by Gasteiger charge is 2.12. The molecule has 1 heterocycles. The normalized spacial score (nSPS) is 10.5. The van der Waals surface area contributed by atoms with Gasteiger partial charge in [0.2, 0.25) is 5.91 Å². The van der Waals surface area contributed by atoms with Crippen LogP contribution in [0.3, 0.4) is 0 Å². The van der Waals surface area contributed by atoms with E-state index in [-0.39, 0.29) is 11.8 Å². The van der Waals surface area contributed by atoms with Crippen LogP contribution < -0.4 is 15.4 Å². The molecule has 0 aliphatic rings. The fourth-order valence-electron chi connectivity index (χ4n) is 2.99. The van der Waals surface area contributed by atoms with Crippen LogP contribution in [0.15, 0.2) is 47.8 Å². The van der Waals surface area contributed by atoms with E-state index >= 15 is 0 Å². The standard InChI is InChI=1S/C23H25N3O3S/c1-15-6-9-19(13-21(15)29-3)22(28)26-23-25-20(14-30-23)18-10-7-17(8-11-18)5-4-12-24-16(2)27/h6-11,13-14H,4-5,12H2,1-3H3,(H,24,27)(H,25,26,28). The Hall–Kier alpha value is -3.19. The summed E-state index contributed by atoms with van der Waals surface area (Å²) >= 11 is 1.39. The first-order chi connectivity index (χ1) is 14.5. The van der Waals surface area contributed by atoms with Crippen molar-refractivity contribution in [3.8, 4) is 17.0 Å². The number of amides is 2. The third-order valence-corrected chi connectivity index (χ3v) is 5.42. The van der Waals surface area contributed by atoms with Crippen LogP contribution in [-0.2, 0) is 11.2 Å². The number of aryl methyl sites for hydroxylation is 2. The minimum Gasteiger partial charge on any atom is -0.496 e. The van der Waals surface area contributed by atoms with Crippen molar-refractivity contribution in [1.82, 2.24) is 10.3 Å². The van der Waals surface area contributed by atoms with Crippen LogP contribution in [0.2, 0.25) is 0 Å². The van der Waals surface area contributed by atoms with Gasteiger partial charge in [0.05, 0.1) is 12.8 Å². The maximum absolute atomic E-state index is 12.5. The average molecular weight is 424 g/mol. The molecule has 0 spiro atoms. The van der Waals surface area contributed by atoms with Gasteiger partial charge in [-0.1, -0.05) is 30.3 Å². The lowest BCUT2D eigenvalue weighted by molar-refractivity contribution is -0.118. The van der Waals surface area contributed by atoms with Crippen molar-refractivity contribution in [3.05, 3.63) is 64.5 Å². The molecule has 2 N–H and O–H groups in total. The summed E-state index contributed by atoms with van der Waals surface area (Å²) in [7, 11) is 1.59. The number of nitrogens with one attached hydrogen (secondary N) is 2. The number of carbonyl (C=O) groups is 2. The van der Waals surface area contributed by atoms with E-state index in [2.05, 4.69) is 27.8 Å². The molecule has 156 valence electrons. The number of benzene rings is 2. The highest BCUT2D eigenvalue weighted by molar-refractivity contribution is 7.14. The molecule has 0 unspecified atom stereocenters. The first kappa shape index (κ1) is 21.5. The van der Waals surface area contributed by atoms with E-state index in [9.17, 15) is 9.59 Å². The number of anilines is 1. The summed E-state index contributed by atoms with van der Waals surface area (Å²) in [6.07, 6.45) is 1.80. The summed E-state index contributed by atoms with van der Waals surface area (Å²) in [6.45, 7) is 4.14. The minimum atomic E-state index is -0.219. The second-order valence-corrected chi connectivity index (χ2v) is 7.82. The lowest BCUT2D eigenvalue weighted by Crippen LogP contribution is -2.21. The molecule has 0 atom stereocenters. The average Bonchev–Trinajstić information content (AvgIpc) is 3.20. The molecule has 0 fully saturated rings. The van der Waals surface area contributed by atoms with Gasteiger partial charge in [0.1, 0.15) is 5.75 Å². The summed E-state index contributed by atoms with van der Waals surface area (Å²) in [5.74, 6) is 0.460. The van der Waals surface area contributed by atoms with Crippen LogP contribution in [0, 0.1) is 6.92 Å². The number of hydrogen-bond acceptors (Lipinski definition) is 5. The van der Waals surface area contributed by atoms with E-state index < -0.39 is 0 Å². The zero-order valence-electron chi connectivity index (χ0n) is 17.3. The molecular formula is C23H25N3O3S. The van der Waals surface area contributed by atoms with Crippen molar-refractivity contribution in [2.24, 2.45) is 0 Å². The largest absolute Gasteiger partial charge is 0.496 e. The van der Waals surface area contributed by atoms with Gasteiger partial charge in [-0.2, -0.15) is 0 Å². The molecule has 0 saturated heterocycles. The molecule has 2 amide bonds. The number of rotatable bonds is 8. The van der Waals surface area contributed by atoms with E-state index in [0.717, 1.165) is 29.7 Å². The van der Waals surface area contributed by atoms with Gasteiger partial charge in [0.15, 0.2) is 5.13 Å².